The van der Waals surface area contributed by atoms with Crippen LogP contribution in [0.15, 0.2) is 24.3 Å². The Morgan fingerprint density at radius 1 is 1.08 bits per heavy atom. The lowest BCUT2D eigenvalue weighted by Crippen LogP contribution is -1.97. The number of rotatable bonds is 5. The molecule has 3 heteroatoms. The van der Waals surface area contributed by atoms with E-state index in [1.807, 2.05) is 24.3 Å². The molecular weight excluding hydrogens is 232 g/mol. The highest BCUT2D eigenvalue weighted by Crippen LogP contribution is 2.17. The number of alkyl halides is 1. The van der Waals surface area contributed by atoms with E-state index in [-0.39, 0.29) is 0 Å². The fourth-order valence-corrected chi connectivity index (χ4v) is 1.07. The fraction of sp³-hybridized carbons (Fsp3) is 0.300. The molecule has 0 aliphatic rings. The third kappa shape index (κ3) is 3.68. The fourth-order valence-electron chi connectivity index (χ4n) is 0.906. The summed E-state index contributed by atoms with van der Waals surface area (Å²) in [4.78, 5) is 0. The first-order valence-corrected chi connectivity index (χ1v) is 5.20. The van der Waals surface area contributed by atoms with Crippen LogP contribution in [-0.2, 0) is 0 Å². The normalized spacial score (nSPS) is 9.69. The van der Waals surface area contributed by atoms with Crippen molar-refractivity contribution in [1.29, 1.82) is 0 Å². The molecule has 13 heavy (non-hydrogen) atoms. The van der Waals surface area contributed by atoms with Crippen LogP contribution in [0.1, 0.15) is 0 Å². The number of hydrogen-bond donors (Lipinski definition) is 0. The second kappa shape index (κ2) is 5.86. The predicted molar refractivity (Wildman–Crippen MR) is 56.6 cm³/mol. The van der Waals surface area contributed by atoms with Gasteiger partial charge in [-0.3, -0.25) is 0 Å². The first-order valence-electron chi connectivity index (χ1n) is 4.07. The molecule has 0 unspecified atom stereocenters. The maximum absolute atomic E-state index is 5.37. The molecule has 0 spiro atoms. The Labute approximate surface area is 87.0 Å². The molecule has 1 aromatic carbocycles. The summed E-state index contributed by atoms with van der Waals surface area (Å²) < 4.78 is 10.6. The molecule has 0 amide bonds. The number of ether oxygens (including phenoxy) is 2. The molecule has 0 fully saturated rings. The Bertz CT molecular complexity index is 233. The molecule has 71 valence electrons. The molecule has 2 nitrogen and oxygen atoms in total. The predicted octanol–water partition coefficient (Wildman–Crippen LogP) is 2.67. The van der Waals surface area contributed by atoms with Crippen LogP contribution in [0.4, 0.5) is 0 Å². The van der Waals surface area contributed by atoms with Gasteiger partial charge in [0.05, 0.1) is 13.2 Å². The summed E-state index contributed by atoms with van der Waals surface area (Å²) in [6, 6.07) is 7.50. The first kappa shape index (κ1) is 10.4. The third-order valence-corrected chi connectivity index (χ3v) is 1.76. The summed E-state index contributed by atoms with van der Waals surface area (Å²) in [5.74, 6) is 1.68. The lowest BCUT2D eigenvalue weighted by molar-refractivity contribution is 0.340. The van der Waals surface area contributed by atoms with E-state index in [1.165, 1.54) is 0 Å². The first-order chi connectivity index (χ1) is 6.36. The summed E-state index contributed by atoms with van der Waals surface area (Å²) >= 11 is 3.29. The maximum Gasteiger partial charge on any atom is 0.119 e. The molecule has 1 rings (SSSR count). The van der Waals surface area contributed by atoms with Gasteiger partial charge >= 0.3 is 0 Å². The van der Waals surface area contributed by atoms with E-state index in [1.54, 1.807) is 0 Å². The molecule has 1 aromatic rings. The Morgan fingerprint density at radius 2 is 1.62 bits per heavy atom. The second-order valence-corrected chi connectivity index (χ2v) is 3.15. The lowest BCUT2D eigenvalue weighted by atomic mass is 10.3. The Morgan fingerprint density at radius 3 is 2.08 bits per heavy atom. The van der Waals surface area contributed by atoms with Crippen molar-refractivity contribution < 1.29 is 9.47 Å². The van der Waals surface area contributed by atoms with Gasteiger partial charge in [0.1, 0.15) is 11.5 Å². The smallest absolute Gasteiger partial charge is 0.119 e. The van der Waals surface area contributed by atoms with E-state index < -0.39 is 0 Å². The molecule has 1 radical (unpaired) electrons. The SMILES string of the molecule is [CH2]COc1ccc(OCCBr)cc1. The van der Waals surface area contributed by atoms with Crippen LogP contribution in [0.25, 0.3) is 0 Å². The Balaban J connectivity index is 2.48. The van der Waals surface area contributed by atoms with Crippen LogP contribution < -0.4 is 9.47 Å². The van der Waals surface area contributed by atoms with Crippen molar-refractivity contribution in [3.05, 3.63) is 31.2 Å². The van der Waals surface area contributed by atoms with E-state index in [0.29, 0.717) is 13.2 Å². The summed E-state index contributed by atoms with van der Waals surface area (Å²) in [6.45, 7) is 4.72. The van der Waals surface area contributed by atoms with Crippen molar-refractivity contribution in [1.82, 2.24) is 0 Å². The quantitative estimate of drug-likeness (QED) is 0.741. The maximum atomic E-state index is 5.37. The minimum absolute atomic E-state index is 0.446. The highest BCUT2D eigenvalue weighted by atomic mass is 79.9. The van der Waals surface area contributed by atoms with Crippen LogP contribution in [0.2, 0.25) is 0 Å². The Hall–Kier alpha value is -0.700. The van der Waals surface area contributed by atoms with Crippen LogP contribution in [0, 0.1) is 6.92 Å². The topological polar surface area (TPSA) is 18.5 Å². The zero-order valence-electron chi connectivity index (χ0n) is 7.33. The largest absolute Gasteiger partial charge is 0.494 e. The molecule has 0 atom stereocenters. The van der Waals surface area contributed by atoms with Gasteiger partial charge in [-0.15, -0.1) is 0 Å². The molecule has 0 saturated carbocycles. The summed E-state index contributed by atoms with van der Waals surface area (Å²) in [5.41, 5.74) is 0. The average molecular weight is 244 g/mol. The van der Waals surface area contributed by atoms with Crippen molar-refractivity contribution in [3.8, 4) is 11.5 Å². The van der Waals surface area contributed by atoms with Crippen molar-refractivity contribution in [2.24, 2.45) is 0 Å². The molecule has 0 saturated heterocycles. The van der Waals surface area contributed by atoms with Gasteiger partial charge in [0.15, 0.2) is 0 Å². The van der Waals surface area contributed by atoms with Crippen LogP contribution in [0.3, 0.4) is 0 Å². The number of halogens is 1. The zero-order chi connectivity index (χ0) is 9.52. The zero-order valence-corrected chi connectivity index (χ0v) is 8.92. The molecule has 0 aliphatic carbocycles. The molecule has 0 bridgehead atoms. The van der Waals surface area contributed by atoms with Crippen molar-refractivity contribution in [3.63, 3.8) is 0 Å². The highest BCUT2D eigenvalue weighted by Gasteiger charge is 1.94. The molecule has 0 heterocycles. The van der Waals surface area contributed by atoms with Crippen molar-refractivity contribution in [2.75, 3.05) is 18.5 Å². The molecular formula is C10H12BrO2. The summed E-state index contributed by atoms with van der Waals surface area (Å²) in [7, 11) is 0. The number of benzene rings is 1. The van der Waals surface area contributed by atoms with Crippen molar-refractivity contribution in [2.45, 2.75) is 0 Å². The van der Waals surface area contributed by atoms with Gasteiger partial charge in [-0.1, -0.05) is 15.9 Å². The van der Waals surface area contributed by atoms with E-state index in [9.17, 15) is 0 Å². The van der Waals surface area contributed by atoms with Gasteiger partial charge in [0.2, 0.25) is 0 Å². The van der Waals surface area contributed by atoms with Gasteiger partial charge in [-0.05, 0) is 31.2 Å². The van der Waals surface area contributed by atoms with Crippen LogP contribution in [-0.4, -0.2) is 18.5 Å². The van der Waals surface area contributed by atoms with E-state index in [4.69, 9.17) is 9.47 Å². The van der Waals surface area contributed by atoms with E-state index in [0.717, 1.165) is 16.8 Å². The van der Waals surface area contributed by atoms with E-state index >= 15 is 0 Å². The molecule has 0 aliphatic heterocycles. The minimum Gasteiger partial charge on any atom is -0.494 e. The van der Waals surface area contributed by atoms with Gasteiger partial charge in [0, 0.05) is 5.33 Å². The lowest BCUT2D eigenvalue weighted by Gasteiger charge is -2.05. The average Bonchev–Trinajstić information content (AvgIpc) is 2.17. The minimum atomic E-state index is 0.446. The molecule has 0 aromatic heterocycles. The van der Waals surface area contributed by atoms with Gasteiger partial charge < -0.3 is 9.47 Å². The second-order valence-electron chi connectivity index (χ2n) is 2.36. The van der Waals surface area contributed by atoms with Crippen LogP contribution in [0.5, 0.6) is 11.5 Å². The van der Waals surface area contributed by atoms with Crippen molar-refractivity contribution >= 4 is 15.9 Å². The third-order valence-electron chi connectivity index (χ3n) is 1.44. The Kier molecular flexibility index (Phi) is 4.68. The molecule has 0 N–H and O–H groups in total. The van der Waals surface area contributed by atoms with Crippen LogP contribution >= 0.6 is 15.9 Å². The summed E-state index contributed by atoms with van der Waals surface area (Å²) in [6.07, 6.45) is 0. The van der Waals surface area contributed by atoms with E-state index in [2.05, 4.69) is 22.9 Å². The monoisotopic (exact) mass is 243 g/mol. The highest BCUT2D eigenvalue weighted by molar-refractivity contribution is 9.09. The van der Waals surface area contributed by atoms with Gasteiger partial charge in [0.25, 0.3) is 0 Å². The number of hydrogen-bond acceptors (Lipinski definition) is 2. The summed E-state index contributed by atoms with van der Waals surface area (Å²) in [5, 5.41) is 0.837. The standard InChI is InChI=1S/C10H12BrO2/c1-2-12-9-3-5-10(6-4-9)13-8-7-11/h3-6H,1-2,7-8H2. The van der Waals surface area contributed by atoms with Gasteiger partial charge in [-0.2, -0.15) is 0 Å². The van der Waals surface area contributed by atoms with Gasteiger partial charge in [-0.25, -0.2) is 0 Å².